The van der Waals surface area contributed by atoms with Gasteiger partial charge < -0.3 is 38.6 Å². The van der Waals surface area contributed by atoms with Crippen molar-refractivity contribution in [3.8, 4) is 0 Å². The zero-order chi connectivity index (χ0) is 35.8. The van der Waals surface area contributed by atoms with Gasteiger partial charge in [0, 0.05) is 25.9 Å². The molecule has 4 aliphatic heterocycles. The quantitative estimate of drug-likeness (QED) is 0.298. The van der Waals surface area contributed by atoms with Crippen LogP contribution in [-0.4, -0.2) is 90.0 Å². The number of esters is 2. The molecule has 2 N–H and O–H groups in total. The van der Waals surface area contributed by atoms with Crippen LogP contribution < -0.4 is 0 Å². The molecule has 3 fully saturated rings. The van der Waals surface area contributed by atoms with E-state index in [9.17, 15) is 19.8 Å². The molecule has 0 amide bonds. The molecule has 12 atom stereocenters. The first-order chi connectivity index (χ1) is 23.1. The van der Waals surface area contributed by atoms with Crippen LogP contribution in [0.1, 0.15) is 81.1 Å². The maximum absolute atomic E-state index is 14.3. The lowest BCUT2D eigenvalue weighted by Crippen LogP contribution is -2.62. The Balaban J connectivity index is 1.60. The number of rotatable bonds is 4. The van der Waals surface area contributed by atoms with Crippen LogP contribution in [0.3, 0.4) is 0 Å². The minimum Gasteiger partial charge on any atom is -0.462 e. The summed E-state index contributed by atoms with van der Waals surface area (Å²) < 4.78 is 37.6. The Morgan fingerprint density at radius 2 is 1.84 bits per heavy atom. The van der Waals surface area contributed by atoms with Crippen LogP contribution in [0, 0.1) is 23.7 Å². The van der Waals surface area contributed by atoms with Crippen molar-refractivity contribution < 1.29 is 48.2 Å². The lowest BCUT2D eigenvalue weighted by Gasteiger charge is -2.52. The molecule has 0 aromatic heterocycles. The predicted octanol–water partition coefficient (Wildman–Crippen LogP) is 5.28. The number of hydrogen-bond acceptors (Lipinski definition) is 10. The molecule has 0 radical (unpaired) electrons. The average molecular weight is 685 g/mol. The van der Waals surface area contributed by atoms with Crippen LogP contribution in [-0.2, 0) is 38.0 Å². The molecule has 5 aliphatic rings. The van der Waals surface area contributed by atoms with Crippen LogP contribution in [0.25, 0.3) is 0 Å². The first-order valence-corrected chi connectivity index (χ1v) is 17.8. The molecule has 0 aromatic rings. The van der Waals surface area contributed by atoms with Gasteiger partial charge in [0.1, 0.15) is 42.0 Å². The third-order valence-electron chi connectivity index (χ3n) is 11.1. The number of carbonyl (C=O) groups is 2. The SMILES string of the molecule is C/C=C(\C)[C@H]1O[C@@]2(C[C@@H]3C[C@@H](C/C=C(/C)[C@H](OC(=O)C(C)C)[C@@H](C)/C=C\C=C4\CO[C@@H]5[C@H](OC)C(C)=C[C@@H](C(=O)O3)[C@]45O)O2)[C@H](O)C[C@@H]1C. The van der Waals surface area contributed by atoms with Gasteiger partial charge >= 0.3 is 11.9 Å². The van der Waals surface area contributed by atoms with Crippen molar-refractivity contribution >= 4 is 11.9 Å². The third kappa shape index (κ3) is 7.28. The first kappa shape index (κ1) is 37.7. The second-order valence-electron chi connectivity index (χ2n) is 15.1. The van der Waals surface area contributed by atoms with Gasteiger partial charge in [0.2, 0.25) is 0 Å². The minimum absolute atomic E-state index is 0.0447. The summed E-state index contributed by atoms with van der Waals surface area (Å²) in [4.78, 5) is 27.1. The van der Waals surface area contributed by atoms with E-state index in [0.717, 1.165) is 16.7 Å². The monoisotopic (exact) mass is 684 g/mol. The van der Waals surface area contributed by atoms with Gasteiger partial charge in [0.05, 0.1) is 24.7 Å². The molecule has 4 heterocycles. The summed E-state index contributed by atoms with van der Waals surface area (Å²) in [5.74, 6) is -3.85. The van der Waals surface area contributed by atoms with Gasteiger partial charge in [0.15, 0.2) is 5.79 Å². The van der Waals surface area contributed by atoms with Gasteiger partial charge in [0.25, 0.3) is 0 Å². The van der Waals surface area contributed by atoms with E-state index in [0.29, 0.717) is 24.8 Å². The Labute approximate surface area is 291 Å². The fourth-order valence-electron chi connectivity index (χ4n) is 8.13. The largest absolute Gasteiger partial charge is 0.462 e. The van der Waals surface area contributed by atoms with Crippen LogP contribution in [0.2, 0.25) is 0 Å². The van der Waals surface area contributed by atoms with Gasteiger partial charge in [-0.1, -0.05) is 64.2 Å². The van der Waals surface area contributed by atoms with Crippen molar-refractivity contribution in [1.29, 1.82) is 0 Å². The minimum atomic E-state index is -1.73. The highest BCUT2D eigenvalue weighted by Crippen LogP contribution is 2.48. The van der Waals surface area contributed by atoms with E-state index >= 15 is 0 Å². The van der Waals surface area contributed by atoms with Gasteiger partial charge in [-0.3, -0.25) is 9.59 Å². The number of hydrogen-bond donors (Lipinski definition) is 2. The number of methoxy groups -OCH3 is 1. The van der Waals surface area contributed by atoms with Gasteiger partial charge in [-0.15, -0.1) is 0 Å². The molecule has 3 saturated heterocycles. The summed E-state index contributed by atoms with van der Waals surface area (Å²) >= 11 is 0. The number of ether oxygens (including phenoxy) is 6. The Kier molecular flexibility index (Phi) is 11.5. The molecule has 1 aliphatic carbocycles. The Bertz CT molecular complexity index is 1410. The number of carbonyl (C=O) groups excluding carboxylic acids is 2. The summed E-state index contributed by atoms with van der Waals surface area (Å²) in [5, 5.41) is 24.1. The lowest BCUT2D eigenvalue weighted by atomic mass is 9.70. The second kappa shape index (κ2) is 14.9. The molecular formula is C39H56O10. The normalized spacial score (nSPS) is 44.6. The maximum atomic E-state index is 14.3. The summed E-state index contributed by atoms with van der Waals surface area (Å²) in [7, 11) is 1.56. The van der Waals surface area contributed by atoms with E-state index in [1.165, 1.54) is 0 Å². The van der Waals surface area contributed by atoms with Crippen molar-refractivity contribution in [1.82, 2.24) is 0 Å². The highest BCUT2D eigenvalue weighted by Gasteiger charge is 2.61. The van der Waals surface area contributed by atoms with Gasteiger partial charge in [-0.2, -0.15) is 0 Å². The van der Waals surface area contributed by atoms with Crippen LogP contribution in [0.5, 0.6) is 0 Å². The van der Waals surface area contributed by atoms with Crippen molar-refractivity contribution in [2.24, 2.45) is 23.7 Å². The lowest BCUT2D eigenvalue weighted by molar-refractivity contribution is -0.363. The number of aliphatic hydroxyl groups excluding tert-OH is 1. The van der Waals surface area contributed by atoms with Gasteiger partial charge in [-0.25, -0.2) is 0 Å². The van der Waals surface area contributed by atoms with Crippen molar-refractivity contribution in [2.45, 2.75) is 135 Å². The van der Waals surface area contributed by atoms with E-state index in [4.69, 9.17) is 28.4 Å². The van der Waals surface area contributed by atoms with E-state index in [-0.39, 0.29) is 42.9 Å². The third-order valence-corrected chi connectivity index (χ3v) is 11.1. The van der Waals surface area contributed by atoms with Crippen molar-refractivity contribution in [3.05, 3.63) is 58.7 Å². The van der Waals surface area contributed by atoms with Crippen molar-refractivity contribution in [2.75, 3.05) is 13.7 Å². The van der Waals surface area contributed by atoms with Crippen molar-refractivity contribution in [3.63, 3.8) is 0 Å². The van der Waals surface area contributed by atoms with Crippen LogP contribution >= 0.6 is 0 Å². The number of fused-ring (bicyclic) bond motifs is 2. The highest BCUT2D eigenvalue weighted by atomic mass is 16.7. The molecule has 49 heavy (non-hydrogen) atoms. The molecule has 0 aromatic carbocycles. The standard InChI is InChI=1S/C39H56O10/c1-10-22(4)33-26(8)17-31(40)38(49-33)19-29-18-28(48-38)15-14-24(6)32(47-36(41)21(2)3)23(5)12-11-13-27-20-45-35-34(44-9)25(7)16-30(37(42)46-29)39(27,35)43/h10-14,16,21,23,26,28-35,40,43H,15,17-20H2,1-9H3/b12-11-,22-10+,24-14-,27-13-/t23-,26-,28+,29-,30-,31+,32+,33+,34+,35+,38-,39+/m0/s1. The van der Waals surface area contributed by atoms with E-state index < -0.39 is 59.9 Å². The molecule has 10 heteroatoms. The van der Waals surface area contributed by atoms with Crippen LogP contribution in [0.4, 0.5) is 0 Å². The first-order valence-electron chi connectivity index (χ1n) is 17.8. The molecule has 0 unspecified atom stereocenters. The summed E-state index contributed by atoms with van der Waals surface area (Å²) in [6.45, 7) is 15.5. The second-order valence-corrected chi connectivity index (χ2v) is 15.1. The zero-order valence-electron chi connectivity index (χ0n) is 30.5. The topological polar surface area (TPSA) is 130 Å². The average Bonchev–Trinajstić information content (AvgIpc) is 3.39. The smallest absolute Gasteiger partial charge is 0.316 e. The fourth-order valence-corrected chi connectivity index (χ4v) is 8.13. The fraction of sp³-hybridized carbons (Fsp3) is 0.692. The molecule has 5 rings (SSSR count). The molecule has 1 spiro atoms. The Hall–Kier alpha value is -2.60. The maximum Gasteiger partial charge on any atom is 0.316 e. The molecular weight excluding hydrogens is 628 g/mol. The Morgan fingerprint density at radius 1 is 1.10 bits per heavy atom. The molecule has 10 nitrogen and oxygen atoms in total. The summed E-state index contributed by atoms with van der Waals surface area (Å²) in [6.07, 6.45) is 8.25. The van der Waals surface area contributed by atoms with E-state index in [1.54, 1.807) is 33.1 Å². The van der Waals surface area contributed by atoms with E-state index in [1.807, 2.05) is 65.8 Å². The zero-order valence-corrected chi connectivity index (χ0v) is 30.5. The molecule has 272 valence electrons. The molecule has 0 saturated carbocycles. The predicted molar refractivity (Wildman–Crippen MR) is 183 cm³/mol. The van der Waals surface area contributed by atoms with E-state index in [2.05, 4.69) is 0 Å². The van der Waals surface area contributed by atoms with Crippen LogP contribution in [0.15, 0.2) is 58.7 Å². The Morgan fingerprint density at radius 3 is 2.51 bits per heavy atom. The van der Waals surface area contributed by atoms with Gasteiger partial charge in [-0.05, 0) is 68.7 Å². The summed E-state index contributed by atoms with van der Waals surface area (Å²) in [5.41, 5.74) is 1.44. The number of allylic oxidation sites excluding steroid dienone is 3. The molecule has 2 bridgehead atoms. The highest BCUT2D eigenvalue weighted by molar-refractivity contribution is 5.78. The summed E-state index contributed by atoms with van der Waals surface area (Å²) in [6, 6.07) is 0. The number of aliphatic hydroxyl groups is 2.